The van der Waals surface area contributed by atoms with Crippen LogP contribution in [0.1, 0.15) is 64.4 Å². The molecule has 0 saturated carbocycles. The Bertz CT molecular complexity index is 1150. The van der Waals surface area contributed by atoms with Gasteiger partial charge in [0.1, 0.15) is 11.6 Å². The molecule has 0 spiro atoms. The third kappa shape index (κ3) is 4.21. The molecule has 6 rings (SSSR count). The van der Waals surface area contributed by atoms with Crippen LogP contribution in [0.15, 0.2) is 30.5 Å². The van der Waals surface area contributed by atoms with Crippen molar-refractivity contribution in [3.8, 4) is 5.75 Å². The van der Waals surface area contributed by atoms with Crippen LogP contribution in [0.3, 0.4) is 0 Å². The topological polar surface area (TPSA) is 86.8 Å². The summed E-state index contributed by atoms with van der Waals surface area (Å²) >= 11 is 0. The number of pyridine rings is 1. The van der Waals surface area contributed by atoms with Crippen LogP contribution in [-0.4, -0.2) is 72.1 Å². The molecule has 190 valence electrons. The quantitative estimate of drug-likeness (QED) is 0.649. The van der Waals surface area contributed by atoms with Crippen LogP contribution in [0.25, 0.3) is 0 Å². The van der Waals surface area contributed by atoms with E-state index in [2.05, 4.69) is 32.3 Å². The summed E-state index contributed by atoms with van der Waals surface area (Å²) in [5.41, 5.74) is 3.45. The van der Waals surface area contributed by atoms with E-state index in [1.165, 1.54) is 5.56 Å². The molecule has 2 amide bonds. The fraction of sp³-hybridized carbons (Fsp3) is 0.536. The van der Waals surface area contributed by atoms with Crippen molar-refractivity contribution in [1.82, 2.24) is 20.5 Å². The van der Waals surface area contributed by atoms with Crippen molar-refractivity contribution < 1.29 is 14.3 Å². The highest BCUT2D eigenvalue weighted by molar-refractivity contribution is 5.97. The van der Waals surface area contributed by atoms with E-state index in [1.54, 1.807) is 6.20 Å². The standard InChI is InChI=1S/C28H35N5O3/c1-3-32-15-21(16-32)31-27(34)19-5-9-25(29-14-19)33-22-6-7-23(33)13-20(12-22)30-28(35)24-8-4-18-10-11-36-26(18)17(24)2/h4-5,8-9,14,20-23H,3,6-7,10-13,15-16H2,1-2H3,(H,30,35)(H,31,34)/t20?,22-,23+. The number of nitrogens with zero attached hydrogens (tertiary/aromatic N) is 3. The molecule has 3 atom stereocenters. The summed E-state index contributed by atoms with van der Waals surface area (Å²) in [5, 5.41) is 6.40. The monoisotopic (exact) mass is 489 g/mol. The molecule has 1 aromatic heterocycles. The van der Waals surface area contributed by atoms with Crippen LogP contribution >= 0.6 is 0 Å². The Morgan fingerprint density at radius 1 is 1.03 bits per heavy atom. The smallest absolute Gasteiger partial charge is 0.253 e. The molecule has 5 heterocycles. The van der Waals surface area contributed by atoms with Crippen LogP contribution in [-0.2, 0) is 6.42 Å². The molecule has 4 aliphatic heterocycles. The number of likely N-dealkylation sites (tertiary alicyclic amines) is 1. The van der Waals surface area contributed by atoms with E-state index in [9.17, 15) is 9.59 Å². The van der Waals surface area contributed by atoms with Crippen molar-refractivity contribution >= 4 is 17.6 Å². The van der Waals surface area contributed by atoms with Gasteiger partial charge in [0.2, 0.25) is 0 Å². The number of carbonyl (C=O) groups excluding carboxylic acids is 2. The average Bonchev–Trinajstić information content (AvgIpc) is 3.44. The van der Waals surface area contributed by atoms with Gasteiger partial charge in [0.15, 0.2) is 0 Å². The minimum absolute atomic E-state index is 0.00865. The molecule has 3 saturated heterocycles. The highest BCUT2D eigenvalue weighted by Crippen LogP contribution is 2.39. The van der Waals surface area contributed by atoms with Crippen molar-refractivity contribution in [3.63, 3.8) is 0 Å². The molecule has 2 aromatic rings. The van der Waals surface area contributed by atoms with Gasteiger partial charge >= 0.3 is 0 Å². The van der Waals surface area contributed by atoms with Gasteiger partial charge in [-0.05, 0) is 62.9 Å². The number of hydrogen-bond acceptors (Lipinski definition) is 6. The number of piperidine rings is 1. The number of nitrogens with one attached hydrogen (secondary N) is 2. The normalized spacial score (nSPS) is 25.2. The number of benzene rings is 1. The number of rotatable bonds is 6. The predicted octanol–water partition coefficient (Wildman–Crippen LogP) is 2.69. The largest absolute Gasteiger partial charge is 0.493 e. The van der Waals surface area contributed by atoms with Gasteiger partial charge in [0.25, 0.3) is 11.8 Å². The van der Waals surface area contributed by atoms with E-state index in [1.807, 2.05) is 31.2 Å². The average molecular weight is 490 g/mol. The Labute approximate surface area is 212 Å². The first-order chi connectivity index (χ1) is 17.5. The maximum Gasteiger partial charge on any atom is 0.253 e. The Kier molecular flexibility index (Phi) is 6.07. The number of likely N-dealkylation sites (N-methyl/N-ethyl adjacent to an activating group) is 1. The second-order valence-electron chi connectivity index (χ2n) is 10.7. The van der Waals surface area contributed by atoms with Gasteiger partial charge in [-0.15, -0.1) is 0 Å². The number of anilines is 1. The lowest BCUT2D eigenvalue weighted by Crippen LogP contribution is -2.58. The zero-order valence-electron chi connectivity index (χ0n) is 21.1. The van der Waals surface area contributed by atoms with E-state index in [4.69, 9.17) is 4.74 Å². The molecular weight excluding hydrogens is 454 g/mol. The van der Waals surface area contributed by atoms with E-state index in [0.29, 0.717) is 29.8 Å². The molecule has 0 radical (unpaired) electrons. The molecule has 36 heavy (non-hydrogen) atoms. The molecule has 2 N–H and O–H groups in total. The number of aromatic nitrogens is 1. The highest BCUT2D eigenvalue weighted by atomic mass is 16.5. The van der Waals surface area contributed by atoms with Crippen molar-refractivity contribution in [2.75, 3.05) is 31.1 Å². The number of ether oxygens (including phenoxy) is 1. The lowest BCUT2D eigenvalue weighted by molar-refractivity contribution is 0.0824. The van der Waals surface area contributed by atoms with Crippen LogP contribution in [0.2, 0.25) is 0 Å². The summed E-state index contributed by atoms with van der Waals surface area (Å²) in [7, 11) is 0. The van der Waals surface area contributed by atoms with Crippen LogP contribution in [0.5, 0.6) is 5.75 Å². The first-order valence-corrected chi connectivity index (χ1v) is 13.3. The fourth-order valence-corrected chi connectivity index (χ4v) is 6.45. The van der Waals surface area contributed by atoms with Crippen LogP contribution in [0.4, 0.5) is 5.82 Å². The second-order valence-corrected chi connectivity index (χ2v) is 10.7. The molecule has 2 bridgehead atoms. The molecule has 0 aliphatic carbocycles. The minimum Gasteiger partial charge on any atom is -0.493 e. The van der Waals surface area contributed by atoms with Gasteiger partial charge in [-0.25, -0.2) is 4.98 Å². The van der Waals surface area contributed by atoms with E-state index >= 15 is 0 Å². The predicted molar refractivity (Wildman–Crippen MR) is 138 cm³/mol. The first kappa shape index (κ1) is 23.3. The SMILES string of the molecule is CCN1CC(NC(=O)c2ccc(N3[C@@H]4CC[C@H]3CC(NC(=O)c3ccc5c(c3C)OCC5)C4)nc2)C1. The Hall–Kier alpha value is -3.13. The molecule has 4 aliphatic rings. The van der Waals surface area contributed by atoms with Crippen molar-refractivity contribution in [2.24, 2.45) is 0 Å². The molecule has 8 nitrogen and oxygen atoms in total. The summed E-state index contributed by atoms with van der Waals surface area (Å²) in [6, 6.07) is 8.91. The van der Waals surface area contributed by atoms with Gasteiger partial charge in [0.05, 0.1) is 18.2 Å². The number of amides is 2. The second kappa shape index (κ2) is 9.39. The van der Waals surface area contributed by atoms with Crippen molar-refractivity contribution in [3.05, 3.63) is 52.7 Å². The molecular formula is C28H35N5O3. The van der Waals surface area contributed by atoms with Crippen molar-refractivity contribution in [2.45, 2.75) is 70.1 Å². The van der Waals surface area contributed by atoms with Crippen molar-refractivity contribution in [1.29, 1.82) is 0 Å². The molecule has 1 unspecified atom stereocenters. The summed E-state index contributed by atoms with van der Waals surface area (Å²) in [5.74, 6) is 1.75. The van der Waals surface area contributed by atoms with Gasteiger partial charge in [-0.3, -0.25) is 14.5 Å². The third-order valence-corrected chi connectivity index (χ3v) is 8.43. The lowest BCUT2D eigenvalue weighted by atomic mass is 9.96. The fourth-order valence-electron chi connectivity index (χ4n) is 6.45. The lowest BCUT2D eigenvalue weighted by Gasteiger charge is -2.40. The first-order valence-electron chi connectivity index (χ1n) is 13.3. The van der Waals surface area contributed by atoms with Gasteiger partial charge in [-0.2, -0.15) is 0 Å². The minimum atomic E-state index is -0.0496. The van der Waals surface area contributed by atoms with Gasteiger partial charge in [-0.1, -0.05) is 13.0 Å². The third-order valence-electron chi connectivity index (χ3n) is 8.43. The van der Waals surface area contributed by atoms with E-state index < -0.39 is 0 Å². The summed E-state index contributed by atoms with van der Waals surface area (Å²) in [4.78, 5) is 35.1. The summed E-state index contributed by atoms with van der Waals surface area (Å²) < 4.78 is 5.76. The van der Waals surface area contributed by atoms with E-state index in [0.717, 1.165) is 68.9 Å². The number of fused-ring (bicyclic) bond motifs is 3. The Morgan fingerprint density at radius 3 is 2.47 bits per heavy atom. The maximum atomic E-state index is 13.1. The number of carbonyl (C=O) groups is 2. The Morgan fingerprint density at radius 2 is 1.78 bits per heavy atom. The zero-order chi connectivity index (χ0) is 24.8. The van der Waals surface area contributed by atoms with Gasteiger partial charge < -0.3 is 20.3 Å². The van der Waals surface area contributed by atoms with Gasteiger partial charge in [0, 0.05) is 55.0 Å². The molecule has 8 heteroatoms. The van der Waals surface area contributed by atoms with Crippen LogP contribution < -0.4 is 20.3 Å². The highest BCUT2D eigenvalue weighted by Gasteiger charge is 2.42. The Balaban J connectivity index is 1.07. The van der Waals surface area contributed by atoms with E-state index in [-0.39, 0.29) is 23.9 Å². The number of hydrogen-bond donors (Lipinski definition) is 2. The summed E-state index contributed by atoms with van der Waals surface area (Å²) in [6.45, 7) is 7.67. The maximum absolute atomic E-state index is 13.1. The molecule has 1 aromatic carbocycles. The summed E-state index contributed by atoms with van der Waals surface area (Å²) in [6.07, 6.45) is 6.62. The zero-order valence-corrected chi connectivity index (χ0v) is 21.1. The van der Waals surface area contributed by atoms with Crippen LogP contribution in [0, 0.1) is 6.92 Å². The molecule has 3 fully saturated rings.